The summed E-state index contributed by atoms with van der Waals surface area (Å²) in [6.07, 6.45) is 0. The van der Waals surface area contributed by atoms with Crippen molar-refractivity contribution >= 4 is 5.97 Å². The van der Waals surface area contributed by atoms with Gasteiger partial charge >= 0.3 is 5.97 Å². The molecule has 0 fully saturated rings. The lowest BCUT2D eigenvalue weighted by Gasteiger charge is -2.13. The lowest BCUT2D eigenvalue weighted by molar-refractivity contribution is 0.0688. The average molecular weight is 287 g/mol. The molecule has 0 amide bonds. The summed E-state index contributed by atoms with van der Waals surface area (Å²) in [5.74, 6) is 0.0749. The molecule has 1 aromatic carbocycles. The first-order valence-electron chi connectivity index (χ1n) is 6.96. The van der Waals surface area contributed by atoms with E-state index in [1.165, 1.54) is 0 Å². The maximum Gasteiger partial charge on any atom is 0.358 e. The molecule has 6 heteroatoms. The van der Waals surface area contributed by atoms with Crippen molar-refractivity contribution in [3.05, 3.63) is 41.2 Å². The summed E-state index contributed by atoms with van der Waals surface area (Å²) in [5.41, 5.74) is 1.84. The molecule has 0 saturated heterocycles. The zero-order valence-electron chi connectivity index (χ0n) is 12.0. The standard InChI is InChI=1S/C15H17N3O3/c1-9(2)14-13(15(19)20)16-17-18(14)7-10-8-21-12-6-4-3-5-11(10)12/h3-6,9-10H,7-8H2,1-2H3,(H,19,20). The van der Waals surface area contributed by atoms with Crippen molar-refractivity contribution in [1.29, 1.82) is 0 Å². The summed E-state index contributed by atoms with van der Waals surface area (Å²) in [6, 6.07) is 7.91. The number of rotatable bonds is 4. The van der Waals surface area contributed by atoms with E-state index in [1.54, 1.807) is 4.68 Å². The van der Waals surface area contributed by atoms with Crippen LogP contribution in [0.4, 0.5) is 0 Å². The van der Waals surface area contributed by atoms with Gasteiger partial charge in [0, 0.05) is 11.5 Å². The number of carboxylic acid groups (broad SMARTS) is 1. The zero-order valence-corrected chi connectivity index (χ0v) is 12.0. The van der Waals surface area contributed by atoms with Crippen LogP contribution in [0.3, 0.4) is 0 Å². The second kappa shape index (κ2) is 5.20. The van der Waals surface area contributed by atoms with Gasteiger partial charge in [0.15, 0.2) is 5.69 Å². The number of aromatic nitrogens is 3. The molecule has 2 aromatic rings. The van der Waals surface area contributed by atoms with Gasteiger partial charge in [-0.3, -0.25) is 0 Å². The van der Waals surface area contributed by atoms with Crippen molar-refractivity contribution in [2.75, 3.05) is 6.61 Å². The highest BCUT2D eigenvalue weighted by atomic mass is 16.5. The van der Waals surface area contributed by atoms with Gasteiger partial charge in [-0.2, -0.15) is 0 Å². The minimum atomic E-state index is -1.03. The number of carboxylic acids is 1. The second-order valence-corrected chi connectivity index (χ2v) is 5.51. The molecule has 110 valence electrons. The molecule has 0 spiro atoms. The fraction of sp³-hybridized carbons (Fsp3) is 0.400. The molecule has 0 aliphatic carbocycles. The van der Waals surface area contributed by atoms with Crippen LogP contribution >= 0.6 is 0 Å². The third-order valence-electron chi connectivity index (χ3n) is 3.72. The molecule has 1 atom stereocenters. The number of carbonyl (C=O) groups is 1. The van der Waals surface area contributed by atoms with Crippen LogP contribution in [0, 0.1) is 0 Å². The van der Waals surface area contributed by atoms with Crippen molar-refractivity contribution in [3.63, 3.8) is 0 Å². The average Bonchev–Trinajstić information content (AvgIpc) is 3.04. The van der Waals surface area contributed by atoms with Crippen molar-refractivity contribution in [1.82, 2.24) is 15.0 Å². The lowest BCUT2D eigenvalue weighted by atomic mass is 10.0. The molecule has 1 aliphatic rings. The van der Waals surface area contributed by atoms with Crippen LogP contribution < -0.4 is 4.74 Å². The zero-order chi connectivity index (χ0) is 15.0. The van der Waals surface area contributed by atoms with E-state index in [0.29, 0.717) is 18.8 Å². The van der Waals surface area contributed by atoms with E-state index < -0.39 is 5.97 Å². The number of aromatic carboxylic acids is 1. The lowest BCUT2D eigenvalue weighted by Crippen LogP contribution is -2.16. The smallest absolute Gasteiger partial charge is 0.358 e. The van der Waals surface area contributed by atoms with E-state index in [9.17, 15) is 9.90 Å². The van der Waals surface area contributed by atoms with Crippen LogP contribution in [0.5, 0.6) is 5.75 Å². The summed E-state index contributed by atoms with van der Waals surface area (Å²) in [7, 11) is 0. The largest absolute Gasteiger partial charge is 0.493 e. The van der Waals surface area contributed by atoms with Gasteiger partial charge in [-0.05, 0) is 12.0 Å². The van der Waals surface area contributed by atoms with Crippen molar-refractivity contribution in [3.8, 4) is 5.75 Å². The van der Waals surface area contributed by atoms with Crippen LogP contribution in [0.25, 0.3) is 0 Å². The summed E-state index contributed by atoms with van der Waals surface area (Å²) >= 11 is 0. The Kier molecular flexibility index (Phi) is 3.37. The predicted octanol–water partition coefficient (Wildman–Crippen LogP) is 2.28. The number of fused-ring (bicyclic) bond motifs is 1. The molecule has 1 N–H and O–H groups in total. The quantitative estimate of drug-likeness (QED) is 0.933. The Labute approximate surface area is 122 Å². The molecular weight excluding hydrogens is 270 g/mol. The minimum Gasteiger partial charge on any atom is -0.493 e. The first kappa shape index (κ1) is 13.6. The van der Waals surface area contributed by atoms with Crippen LogP contribution in [0.15, 0.2) is 24.3 Å². The number of nitrogens with zero attached hydrogens (tertiary/aromatic N) is 3. The summed E-state index contributed by atoms with van der Waals surface area (Å²) in [6.45, 7) is 5.05. The van der Waals surface area contributed by atoms with Crippen LogP contribution in [-0.4, -0.2) is 32.7 Å². The van der Waals surface area contributed by atoms with E-state index in [1.807, 2.05) is 38.1 Å². The van der Waals surface area contributed by atoms with Gasteiger partial charge in [-0.1, -0.05) is 37.3 Å². The Bertz CT molecular complexity index is 679. The highest BCUT2D eigenvalue weighted by Crippen LogP contribution is 2.35. The van der Waals surface area contributed by atoms with Crippen molar-refractivity contribution in [2.45, 2.75) is 32.2 Å². The van der Waals surface area contributed by atoms with Crippen LogP contribution in [0.1, 0.15) is 47.4 Å². The first-order valence-corrected chi connectivity index (χ1v) is 6.96. The number of hydrogen-bond acceptors (Lipinski definition) is 4. The Hall–Kier alpha value is -2.37. The molecule has 0 saturated carbocycles. The van der Waals surface area contributed by atoms with Gasteiger partial charge in [-0.15, -0.1) is 5.10 Å². The van der Waals surface area contributed by atoms with E-state index in [-0.39, 0.29) is 17.5 Å². The predicted molar refractivity (Wildman–Crippen MR) is 75.7 cm³/mol. The van der Waals surface area contributed by atoms with E-state index in [0.717, 1.165) is 11.3 Å². The SMILES string of the molecule is CC(C)c1c(C(=O)O)nnn1CC1COc2ccccc21. The van der Waals surface area contributed by atoms with Crippen molar-refractivity contribution in [2.24, 2.45) is 0 Å². The van der Waals surface area contributed by atoms with Gasteiger partial charge in [0.05, 0.1) is 18.8 Å². The topological polar surface area (TPSA) is 77.2 Å². The Morgan fingerprint density at radius 1 is 1.48 bits per heavy atom. The van der Waals surface area contributed by atoms with Gasteiger partial charge in [0.1, 0.15) is 5.75 Å². The molecule has 3 rings (SSSR count). The maximum absolute atomic E-state index is 11.2. The van der Waals surface area contributed by atoms with E-state index in [2.05, 4.69) is 10.3 Å². The minimum absolute atomic E-state index is 0.0391. The van der Waals surface area contributed by atoms with Crippen molar-refractivity contribution < 1.29 is 14.6 Å². The molecule has 2 heterocycles. The molecular formula is C15H17N3O3. The highest BCUT2D eigenvalue weighted by molar-refractivity contribution is 5.86. The molecule has 21 heavy (non-hydrogen) atoms. The number of para-hydroxylation sites is 1. The Balaban J connectivity index is 1.91. The summed E-state index contributed by atoms with van der Waals surface area (Å²) in [5, 5.41) is 17.0. The molecule has 1 unspecified atom stereocenters. The third-order valence-corrected chi connectivity index (χ3v) is 3.72. The number of ether oxygens (including phenoxy) is 1. The summed E-state index contributed by atoms with van der Waals surface area (Å²) < 4.78 is 7.36. The second-order valence-electron chi connectivity index (χ2n) is 5.51. The van der Waals surface area contributed by atoms with Gasteiger partial charge < -0.3 is 9.84 Å². The molecule has 0 radical (unpaired) electrons. The fourth-order valence-electron chi connectivity index (χ4n) is 2.77. The summed E-state index contributed by atoms with van der Waals surface area (Å²) in [4.78, 5) is 11.2. The number of hydrogen-bond donors (Lipinski definition) is 1. The van der Waals surface area contributed by atoms with Crippen LogP contribution in [-0.2, 0) is 6.54 Å². The van der Waals surface area contributed by atoms with Crippen LogP contribution in [0.2, 0.25) is 0 Å². The normalized spacial score (nSPS) is 16.8. The Morgan fingerprint density at radius 3 is 2.95 bits per heavy atom. The maximum atomic E-state index is 11.2. The first-order chi connectivity index (χ1) is 10.1. The van der Waals surface area contributed by atoms with Gasteiger partial charge in [0.2, 0.25) is 0 Å². The Morgan fingerprint density at radius 2 is 2.24 bits per heavy atom. The third kappa shape index (κ3) is 2.37. The van der Waals surface area contributed by atoms with Gasteiger partial charge in [0.25, 0.3) is 0 Å². The molecule has 1 aromatic heterocycles. The monoisotopic (exact) mass is 287 g/mol. The number of benzene rings is 1. The van der Waals surface area contributed by atoms with E-state index >= 15 is 0 Å². The van der Waals surface area contributed by atoms with E-state index in [4.69, 9.17) is 4.74 Å². The molecule has 1 aliphatic heterocycles. The molecule has 0 bridgehead atoms. The molecule has 6 nitrogen and oxygen atoms in total. The fourth-order valence-corrected chi connectivity index (χ4v) is 2.77. The highest BCUT2D eigenvalue weighted by Gasteiger charge is 2.28. The van der Waals surface area contributed by atoms with Gasteiger partial charge in [-0.25, -0.2) is 9.48 Å².